The van der Waals surface area contributed by atoms with E-state index in [-0.39, 0.29) is 19.4 Å². The Bertz CT molecular complexity index is 1690. The fourth-order valence-electron chi connectivity index (χ4n) is 11.3. The van der Waals surface area contributed by atoms with Crippen molar-refractivity contribution in [3.8, 4) is 0 Å². The average Bonchev–Trinajstić information content (AvgIpc) is 1.53. The Kier molecular flexibility index (Phi) is 59.7. The van der Waals surface area contributed by atoms with Crippen LogP contribution in [0.3, 0.4) is 0 Å². The number of unbranched alkanes of at least 4 members (excludes halogenated alkanes) is 39. The van der Waals surface area contributed by atoms with Gasteiger partial charge in [0.05, 0.1) is 25.4 Å². The number of aliphatic hydroxyl groups is 5. The van der Waals surface area contributed by atoms with Gasteiger partial charge in [-0.1, -0.05) is 306 Å². The summed E-state index contributed by atoms with van der Waals surface area (Å²) < 4.78 is 17.7. The predicted octanol–water partition coefficient (Wildman–Crippen LogP) is 19.1. The standard InChI is InChI=1S/C76H137NO10/c1-4-7-10-13-16-19-22-25-27-29-31-33-34-35-37-38-40-42-45-48-51-54-57-60-63-69(80)75(84)77-67(68(79)62-59-56-53-50-47-44-24-21-18-15-12-9-6-3)66-85-76-74(73(83)72(82)70(65-78)86-76)87-71(81)64-61-58-55-52-49-46-43-41-39-36-32-30-28-26-23-20-17-14-11-8-5-2/h16,19,25-28,31,33,35,37,59,62,67-70,72-74,76,78-80,82-83H,4-15,17-18,20-24,29-30,32,34,36,38-58,60-61,63-66H2,1-3H3,(H,77,84)/b19-16-,27-25-,28-26+,33-31-,37-35-,62-59+. The van der Waals surface area contributed by atoms with Gasteiger partial charge in [-0.25, -0.2) is 0 Å². The predicted molar refractivity (Wildman–Crippen MR) is 366 cm³/mol. The number of carbonyl (C=O) groups excluding carboxylic acids is 2. The molecular formula is C76H137NO10. The molecule has 0 aromatic heterocycles. The molecule has 1 fully saturated rings. The monoisotopic (exact) mass is 1220 g/mol. The zero-order valence-corrected chi connectivity index (χ0v) is 56.4. The molecule has 1 rings (SSSR count). The van der Waals surface area contributed by atoms with Crippen LogP contribution >= 0.6 is 0 Å². The molecule has 0 saturated carbocycles. The first-order valence-electron chi connectivity index (χ1n) is 36.7. The van der Waals surface area contributed by atoms with Gasteiger partial charge in [0.25, 0.3) is 0 Å². The van der Waals surface area contributed by atoms with Crippen LogP contribution in [0, 0.1) is 0 Å². The number of amides is 1. The van der Waals surface area contributed by atoms with Gasteiger partial charge in [-0.15, -0.1) is 0 Å². The molecule has 87 heavy (non-hydrogen) atoms. The highest BCUT2D eigenvalue weighted by molar-refractivity contribution is 5.80. The lowest BCUT2D eigenvalue weighted by Gasteiger charge is -2.41. The van der Waals surface area contributed by atoms with Gasteiger partial charge in [-0.3, -0.25) is 9.59 Å². The van der Waals surface area contributed by atoms with E-state index in [1.54, 1.807) is 6.08 Å². The maximum atomic E-state index is 13.5. The molecule has 0 aromatic rings. The maximum absolute atomic E-state index is 13.5. The summed E-state index contributed by atoms with van der Waals surface area (Å²) in [6.07, 6.45) is 72.2. The lowest BCUT2D eigenvalue weighted by atomic mass is 9.99. The summed E-state index contributed by atoms with van der Waals surface area (Å²) in [5.74, 6) is -1.19. The minimum atomic E-state index is -1.62. The number of carbonyl (C=O) groups is 2. The lowest BCUT2D eigenvalue weighted by molar-refractivity contribution is -0.305. The summed E-state index contributed by atoms with van der Waals surface area (Å²) in [5, 5.41) is 57.3. The number of hydrogen-bond acceptors (Lipinski definition) is 10. The van der Waals surface area contributed by atoms with Crippen molar-refractivity contribution in [3.05, 3.63) is 72.9 Å². The second kappa shape index (κ2) is 63.3. The van der Waals surface area contributed by atoms with Gasteiger partial charge in [-0.2, -0.15) is 0 Å². The number of nitrogens with one attached hydrogen (secondary N) is 1. The van der Waals surface area contributed by atoms with Crippen LogP contribution in [0.15, 0.2) is 72.9 Å². The van der Waals surface area contributed by atoms with Crippen molar-refractivity contribution in [2.75, 3.05) is 13.2 Å². The van der Waals surface area contributed by atoms with Crippen LogP contribution in [0.25, 0.3) is 0 Å². The van der Waals surface area contributed by atoms with Crippen molar-refractivity contribution in [2.24, 2.45) is 0 Å². The Morgan fingerprint density at radius 1 is 0.448 bits per heavy atom. The normalized spacial score (nSPS) is 18.6. The Balaban J connectivity index is 2.59. The molecule has 11 nitrogen and oxygen atoms in total. The van der Waals surface area contributed by atoms with Crippen molar-refractivity contribution in [2.45, 2.75) is 384 Å². The third-order valence-corrected chi connectivity index (χ3v) is 17.1. The van der Waals surface area contributed by atoms with E-state index < -0.39 is 67.4 Å². The van der Waals surface area contributed by atoms with Crippen molar-refractivity contribution < 1.29 is 49.3 Å². The van der Waals surface area contributed by atoms with Crippen molar-refractivity contribution >= 4 is 11.9 Å². The minimum Gasteiger partial charge on any atom is -0.454 e. The summed E-state index contributed by atoms with van der Waals surface area (Å²) >= 11 is 0. The number of hydrogen-bond donors (Lipinski definition) is 6. The minimum absolute atomic E-state index is 0.122. The third-order valence-electron chi connectivity index (χ3n) is 17.1. The van der Waals surface area contributed by atoms with E-state index in [1.807, 2.05) is 6.08 Å². The Morgan fingerprint density at radius 2 is 0.793 bits per heavy atom. The molecule has 1 aliphatic heterocycles. The molecule has 506 valence electrons. The number of esters is 1. The number of aliphatic hydroxyl groups excluding tert-OH is 5. The number of ether oxygens (including phenoxy) is 3. The van der Waals surface area contributed by atoms with Crippen molar-refractivity contribution in [1.29, 1.82) is 0 Å². The molecule has 8 atom stereocenters. The molecule has 1 saturated heterocycles. The van der Waals surface area contributed by atoms with E-state index in [0.717, 1.165) is 83.5 Å². The summed E-state index contributed by atoms with van der Waals surface area (Å²) in [6, 6.07) is -1.03. The van der Waals surface area contributed by atoms with E-state index >= 15 is 0 Å². The summed E-state index contributed by atoms with van der Waals surface area (Å²) in [7, 11) is 0. The van der Waals surface area contributed by atoms with Crippen LogP contribution < -0.4 is 5.32 Å². The number of allylic oxidation sites excluding steroid dienone is 11. The summed E-state index contributed by atoms with van der Waals surface area (Å²) in [5.41, 5.74) is 0. The second-order valence-corrected chi connectivity index (χ2v) is 25.3. The Hall–Kier alpha value is -2.90. The SMILES string of the molecule is CCCCC/C=C\C/C=C\C/C=C\C/C=C\CCCCCCCCCCC(O)C(=O)NC(COC1OC(CO)C(O)C(O)C1OC(=O)CCCCCCCCCCCCC/C=C/CCCCCCCC)C(O)/C=C/CCCCCCCCCCCCC. The van der Waals surface area contributed by atoms with Gasteiger partial charge < -0.3 is 45.1 Å². The average molecular weight is 1220 g/mol. The first kappa shape index (κ1) is 82.1. The molecule has 6 N–H and O–H groups in total. The first-order valence-corrected chi connectivity index (χ1v) is 36.7. The highest BCUT2D eigenvalue weighted by Gasteiger charge is 2.47. The largest absolute Gasteiger partial charge is 0.454 e. The van der Waals surface area contributed by atoms with E-state index in [2.05, 4.69) is 86.8 Å². The van der Waals surface area contributed by atoms with Gasteiger partial charge in [0.1, 0.15) is 24.4 Å². The molecule has 0 radical (unpaired) electrons. The fourth-order valence-corrected chi connectivity index (χ4v) is 11.3. The van der Waals surface area contributed by atoms with E-state index in [4.69, 9.17) is 14.2 Å². The topological polar surface area (TPSA) is 175 Å². The second-order valence-electron chi connectivity index (χ2n) is 25.3. The smallest absolute Gasteiger partial charge is 0.306 e. The van der Waals surface area contributed by atoms with Crippen LogP contribution in [0.2, 0.25) is 0 Å². The molecule has 0 spiro atoms. The summed E-state index contributed by atoms with van der Waals surface area (Å²) in [4.78, 5) is 26.7. The van der Waals surface area contributed by atoms with Crippen molar-refractivity contribution in [3.63, 3.8) is 0 Å². The fraction of sp³-hybridized carbons (Fsp3) is 0.816. The van der Waals surface area contributed by atoms with Gasteiger partial charge in [0.15, 0.2) is 12.4 Å². The molecule has 1 amide bonds. The Morgan fingerprint density at radius 3 is 1.22 bits per heavy atom. The van der Waals surface area contributed by atoms with Crippen molar-refractivity contribution in [1.82, 2.24) is 5.32 Å². The molecule has 0 aliphatic carbocycles. The highest BCUT2D eigenvalue weighted by Crippen LogP contribution is 2.26. The molecule has 1 heterocycles. The van der Waals surface area contributed by atoms with Crippen LogP contribution in [0.1, 0.15) is 335 Å². The molecule has 11 heteroatoms. The van der Waals surface area contributed by atoms with Gasteiger partial charge in [-0.05, 0) is 96.3 Å². The Labute approximate surface area is 534 Å². The third kappa shape index (κ3) is 50.4. The van der Waals surface area contributed by atoms with E-state index in [0.29, 0.717) is 12.8 Å². The zero-order valence-electron chi connectivity index (χ0n) is 56.4. The van der Waals surface area contributed by atoms with Gasteiger partial charge >= 0.3 is 5.97 Å². The highest BCUT2D eigenvalue weighted by atomic mass is 16.7. The molecule has 1 aliphatic rings. The molecular weight excluding hydrogens is 1090 g/mol. The van der Waals surface area contributed by atoms with Gasteiger partial charge in [0, 0.05) is 6.42 Å². The van der Waals surface area contributed by atoms with Crippen LogP contribution in [0.4, 0.5) is 0 Å². The van der Waals surface area contributed by atoms with Gasteiger partial charge in [0.2, 0.25) is 5.91 Å². The lowest BCUT2D eigenvalue weighted by Crippen LogP contribution is -2.61. The molecule has 0 bridgehead atoms. The zero-order chi connectivity index (χ0) is 63.1. The first-order chi connectivity index (χ1) is 42.7. The quantitative estimate of drug-likeness (QED) is 0.0195. The molecule has 8 unspecified atom stereocenters. The molecule has 0 aromatic carbocycles. The van der Waals surface area contributed by atoms with Crippen LogP contribution in [-0.4, -0.2) is 99.6 Å². The number of rotatable bonds is 63. The van der Waals surface area contributed by atoms with Crippen LogP contribution in [0.5, 0.6) is 0 Å². The van der Waals surface area contributed by atoms with E-state index in [1.165, 1.54) is 205 Å². The van der Waals surface area contributed by atoms with E-state index in [9.17, 15) is 35.1 Å². The van der Waals surface area contributed by atoms with Crippen LogP contribution in [-0.2, 0) is 23.8 Å². The maximum Gasteiger partial charge on any atom is 0.306 e. The summed E-state index contributed by atoms with van der Waals surface area (Å²) in [6.45, 7) is 5.80.